The van der Waals surface area contributed by atoms with E-state index < -0.39 is 0 Å². The minimum Gasteiger partial charge on any atom is -0.312 e. The van der Waals surface area contributed by atoms with Crippen LogP contribution in [0.25, 0.3) is 0 Å². The highest BCUT2D eigenvalue weighted by atomic mass is 79.9. The van der Waals surface area contributed by atoms with Gasteiger partial charge in [-0.1, -0.05) is 46.3 Å². The lowest BCUT2D eigenvalue weighted by Crippen LogP contribution is -2.23. The van der Waals surface area contributed by atoms with Crippen LogP contribution in [-0.2, 0) is 6.54 Å². The van der Waals surface area contributed by atoms with Crippen LogP contribution in [0.4, 0.5) is 0 Å². The zero-order valence-electron chi connectivity index (χ0n) is 9.45. The molecule has 0 amide bonds. The van der Waals surface area contributed by atoms with Crippen molar-refractivity contribution in [2.45, 2.75) is 25.8 Å². The van der Waals surface area contributed by atoms with E-state index >= 15 is 0 Å². The quantitative estimate of drug-likeness (QED) is 0.825. The van der Waals surface area contributed by atoms with Gasteiger partial charge in [0.05, 0.1) is 0 Å². The normalized spacial score (nSPS) is 19.9. The summed E-state index contributed by atoms with van der Waals surface area (Å²) in [7, 11) is 0. The van der Waals surface area contributed by atoms with Crippen LogP contribution in [-0.4, -0.2) is 6.54 Å². The number of hydrogen-bond acceptors (Lipinski definition) is 1. The Labute approximate surface area is 106 Å². The molecule has 86 valence electrons. The van der Waals surface area contributed by atoms with Crippen LogP contribution in [0, 0.1) is 5.92 Å². The summed E-state index contributed by atoms with van der Waals surface area (Å²) in [5.74, 6) is 0.826. The Morgan fingerprint density at radius 2 is 2.12 bits per heavy atom. The topological polar surface area (TPSA) is 12.0 Å². The highest BCUT2D eigenvalue weighted by molar-refractivity contribution is 9.10. The summed E-state index contributed by atoms with van der Waals surface area (Å²) in [4.78, 5) is 0. The SMILES string of the molecule is Brc1ccccc1CNCC1CC=CCC1. The van der Waals surface area contributed by atoms with Crippen molar-refractivity contribution in [2.75, 3.05) is 6.54 Å². The summed E-state index contributed by atoms with van der Waals surface area (Å²) in [6.45, 7) is 2.09. The van der Waals surface area contributed by atoms with E-state index in [1.54, 1.807) is 0 Å². The van der Waals surface area contributed by atoms with E-state index in [1.807, 2.05) is 0 Å². The van der Waals surface area contributed by atoms with Crippen LogP contribution < -0.4 is 5.32 Å². The Bertz CT molecular complexity index is 360. The average molecular weight is 280 g/mol. The van der Waals surface area contributed by atoms with E-state index in [4.69, 9.17) is 0 Å². The second-order valence-electron chi connectivity index (χ2n) is 4.37. The van der Waals surface area contributed by atoms with E-state index in [0.717, 1.165) is 19.0 Å². The molecule has 0 radical (unpaired) electrons. The van der Waals surface area contributed by atoms with Gasteiger partial charge in [0, 0.05) is 11.0 Å². The maximum atomic E-state index is 3.57. The van der Waals surface area contributed by atoms with Gasteiger partial charge in [-0.05, 0) is 43.4 Å². The lowest BCUT2D eigenvalue weighted by molar-refractivity contribution is 0.440. The van der Waals surface area contributed by atoms with E-state index in [9.17, 15) is 0 Å². The second-order valence-corrected chi connectivity index (χ2v) is 5.23. The van der Waals surface area contributed by atoms with Crippen molar-refractivity contribution in [3.63, 3.8) is 0 Å². The van der Waals surface area contributed by atoms with Crippen molar-refractivity contribution in [2.24, 2.45) is 5.92 Å². The third kappa shape index (κ3) is 3.46. The molecule has 0 saturated heterocycles. The molecule has 16 heavy (non-hydrogen) atoms. The third-order valence-corrected chi connectivity index (χ3v) is 3.86. The first-order valence-corrected chi connectivity index (χ1v) is 6.74. The molecular weight excluding hydrogens is 262 g/mol. The highest BCUT2D eigenvalue weighted by Crippen LogP contribution is 2.18. The molecule has 1 atom stereocenters. The van der Waals surface area contributed by atoms with Gasteiger partial charge < -0.3 is 5.32 Å². The lowest BCUT2D eigenvalue weighted by atomic mass is 9.94. The van der Waals surface area contributed by atoms with Gasteiger partial charge in [0.1, 0.15) is 0 Å². The van der Waals surface area contributed by atoms with Gasteiger partial charge in [0.2, 0.25) is 0 Å². The zero-order chi connectivity index (χ0) is 11.2. The number of rotatable bonds is 4. The van der Waals surface area contributed by atoms with E-state index in [0.29, 0.717) is 0 Å². The Morgan fingerprint density at radius 1 is 1.25 bits per heavy atom. The van der Waals surface area contributed by atoms with Crippen molar-refractivity contribution in [1.29, 1.82) is 0 Å². The number of benzene rings is 1. The summed E-state index contributed by atoms with van der Waals surface area (Å²) in [5.41, 5.74) is 1.34. The Kier molecular flexibility index (Phi) is 4.61. The predicted molar refractivity (Wildman–Crippen MR) is 72.3 cm³/mol. The van der Waals surface area contributed by atoms with Gasteiger partial charge in [0.25, 0.3) is 0 Å². The molecule has 1 aromatic rings. The lowest BCUT2D eigenvalue weighted by Gasteiger charge is -2.18. The van der Waals surface area contributed by atoms with E-state index in [-0.39, 0.29) is 0 Å². The molecule has 0 aliphatic heterocycles. The van der Waals surface area contributed by atoms with Crippen molar-refractivity contribution in [3.05, 3.63) is 46.5 Å². The molecule has 1 aliphatic rings. The molecule has 0 heterocycles. The number of hydrogen-bond donors (Lipinski definition) is 1. The smallest absolute Gasteiger partial charge is 0.0220 e. The first kappa shape index (κ1) is 11.9. The Hall–Kier alpha value is -0.600. The van der Waals surface area contributed by atoms with Gasteiger partial charge in [-0.15, -0.1) is 0 Å². The monoisotopic (exact) mass is 279 g/mol. The van der Waals surface area contributed by atoms with Gasteiger partial charge in [-0.3, -0.25) is 0 Å². The molecule has 0 aromatic heterocycles. The standard InChI is InChI=1S/C14H18BrN/c15-14-9-5-4-8-13(14)11-16-10-12-6-2-1-3-7-12/h1-2,4-5,8-9,12,16H,3,6-7,10-11H2. The van der Waals surface area contributed by atoms with Crippen LogP contribution >= 0.6 is 15.9 Å². The fourth-order valence-corrected chi connectivity index (χ4v) is 2.52. The largest absolute Gasteiger partial charge is 0.312 e. The summed E-state index contributed by atoms with van der Waals surface area (Å²) in [6.07, 6.45) is 8.43. The molecule has 1 unspecified atom stereocenters. The molecule has 1 aromatic carbocycles. The molecule has 0 saturated carbocycles. The number of allylic oxidation sites excluding steroid dienone is 2. The van der Waals surface area contributed by atoms with Crippen molar-refractivity contribution < 1.29 is 0 Å². The molecular formula is C14H18BrN. The minimum absolute atomic E-state index is 0.826. The summed E-state index contributed by atoms with van der Waals surface area (Å²) in [5, 5.41) is 3.55. The predicted octanol–water partition coefficient (Wildman–Crippen LogP) is 3.90. The summed E-state index contributed by atoms with van der Waals surface area (Å²) in [6, 6.07) is 8.41. The van der Waals surface area contributed by atoms with Gasteiger partial charge in [0.15, 0.2) is 0 Å². The van der Waals surface area contributed by atoms with Crippen LogP contribution in [0.5, 0.6) is 0 Å². The summed E-state index contributed by atoms with van der Waals surface area (Å²) >= 11 is 3.57. The van der Waals surface area contributed by atoms with Crippen molar-refractivity contribution >= 4 is 15.9 Å². The van der Waals surface area contributed by atoms with Gasteiger partial charge in [-0.2, -0.15) is 0 Å². The first-order valence-electron chi connectivity index (χ1n) is 5.95. The second kappa shape index (κ2) is 6.21. The average Bonchev–Trinajstić information content (AvgIpc) is 2.33. The number of nitrogens with one attached hydrogen (secondary N) is 1. The molecule has 2 heteroatoms. The molecule has 0 bridgehead atoms. The van der Waals surface area contributed by atoms with E-state index in [1.165, 1.54) is 29.3 Å². The molecule has 1 N–H and O–H groups in total. The van der Waals surface area contributed by atoms with E-state index in [2.05, 4.69) is 57.7 Å². The fourth-order valence-electron chi connectivity index (χ4n) is 2.09. The molecule has 1 aliphatic carbocycles. The molecule has 0 spiro atoms. The number of halogens is 1. The zero-order valence-corrected chi connectivity index (χ0v) is 11.0. The summed E-state index contributed by atoms with van der Waals surface area (Å²) < 4.78 is 1.20. The minimum atomic E-state index is 0.826. The van der Waals surface area contributed by atoms with Crippen molar-refractivity contribution in [1.82, 2.24) is 5.32 Å². The fraction of sp³-hybridized carbons (Fsp3) is 0.429. The maximum Gasteiger partial charge on any atom is 0.0220 e. The molecule has 1 nitrogen and oxygen atoms in total. The first-order chi connectivity index (χ1) is 7.86. The van der Waals surface area contributed by atoms with Gasteiger partial charge in [-0.25, -0.2) is 0 Å². The van der Waals surface area contributed by atoms with Crippen LogP contribution in [0.15, 0.2) is 40.9 Å². The van der Waals surface area contributed by atoms with Crippen molar-refractivity contribution in [3.8, 4) is 0 Å². The molecule has 0 fully saturated rings. The highest BCUT2D eigenvalue weighted by Gasteiger charge is 2.09. The van der Waals surface area contributed by atoms with Gasteiger partial charge >= 0.3 is 0 Å². The molecule has 2 rings (SSSR count). The van der Waals surface area contributed by atoms with Crippen LogP contribution in [0.2, 0.25) is 0 Å². The third-order valence-electron chi connectivity index (χ3n) is 3.08. The maximum absolute atomic E-state index is 3.57. The van der Waals surface area contributed by atoms with Crippen LogP contribution in [0.1, 0.15) is 24.8 Å². The van der Waals surface area contributed by atoms with Crippen LogP contribution in [0.3, 0.4) is 0 Å². The Balaban J connectivity index is 1.75. The Morgan fingerprint density at radius 3 is 2.88 bits per heavy atom.